The Morgan fingerprint density at radius 1 is 1.71 bits per heavy atom. The fourth-order valence-electron chi connectivity index (χ4n) is 1.41. The monoisotopic (exact) mass is 196 g/mol. The molecular formula is C9H12N2O3. The number of aliphatic hydroxyl groups excluding tert-OH is 1. The van der Waals surface area contributed by atoms with Crippen LogP contribution in [-0.2, 0) is 0 Å². The molecule has 0 bridgehead atoms. The molecule has 1 aromatic rings. The van der Waals surface area contributed by atoms with Crippen LogP contribution in [0.1, 0.15) is 23.3 Å². The maximum absolute atomic E-state index is 11.8. The molecule has 5 nitrogen and oxygen atoms in total. The van der Waals surface area contributed by atoms with E-state index < -0.39 is 0 Å². The predicted octanol–water partition coefficient (Wildman–Crippen LogP) is 0.271. The fraction of sp³-hybridized carbons (Fsp3) is 0.556. The molecule has 1 aliphatic carbocycles. The maximum atomic E-state index is 11.8. The van der Waals surface area contributed by atoms with Crippen molar-refractivity contribution in [2.24, 2.45) is 0 Å². The third-order valence-corrected chi connectivity index (χ3v) is 2.25. The van der Waals surface area contributed by atoms with Gasteiger partial charge in [-0.1, -0.05) is 5.16 Å². The number of hydrogen-bond donors (Lipinski definition) is 1. The van der Waals surface area contributed by atoms with E-state index in [1.54, 1.807) is 4.90 Å². The van der Waals surface area contributed by atoms with Crippen LogP contribution >= 0.6 is 0 Å². The number of carbonyl (C=O) groups is 1. The van der Waals surface area contributed by atoms with Crippen molar-refractivity contribution in [2.45, 2.75) is 18.9 Å². The van der Waals surface area contributed by atoms with Gasteiger partial charge in [0.15, 0.2) is 5.69 Å². The summed E-state index contributed by atoms with van der Waals surface area (Å²) in [7, 11) is 0. The summed E-state index contributed by atoms with van der Waals surface area (Å²) in [4.78, 5) is 13.4. The highest BCUT2D eigenvalue weighted by atomic mass is 16.5. The van der Waals surface area contributed by atoms with Crippen LogP contribution in [0.4, 0.5) is 0 Å². The van der Waals surface area contributed by atoms with Crippen LogP contribution in [0.25, 0.3) is 0 Å². The SMILES string of the molecule is O=C(c1ccon1)N(CCO)C1CC1. The van der Waals surface area contributed by atoms with Crippen LogP contribution < -0.4 is 0 Å². The van der Waals surface area contributed by atoms with Crippen molar-refractivity contribution in [1.29, 1.82) is 0 Å². The predicted molar refractivity (Wildman–Crippen MR) is 47.6 cm³/mol. The topological polar surface area (TPSA) is 66.6 Å². The number of aromatic nitrogens is 1. The third-order valence-electron chi connectivity index (χ3n) is 2.25. The molecular weight excluding hydrogens is 184 g/mol. The maximum Gasteiger partial charge on any atom is 0.276 e. The van der Waals surface area contributed by atoms with Crippen molar-refractivity contribution >= 4 is 5.91 Å². The molecule has 0 aliphatic heterocycles. The van der Waals surface area contributed by atoms with Crippen molar-refractivity contribution in [3.05, 3.63) is 18.0 Å². The number of hydrogen-bond acceptors (Lipinski definition) is 4. The van der Waals surface area contributed by atoms with Gasteiger partial charge >= 0.3 is 0 Å². The highest BCUT2D eigenvalue weighted by molar-refractivity contribution is 5.92. The van der Waals surface area contributed by atoms with Crippen LogP contribution in [0.2, 0.25) is 0 Å². The molecule has 5 heteroatoms. The molecule has 1 heterocycles. The summed E-state index contributed by atoms with van der Waals surface area (Å²) >= 11 is 0. The molecule has 2 rings (SSSR count). The second kappa shape index (κ2) is 3.79. The van der Waals surface area contributed by atoms with E-state index in [1.165, 1.54) is 12.3 Å². The van der Waals surface area contributed by atoms with Gasteiger partial charge in [-0.2, -0.15) is 0 Å². The summed E-state index contributed by atoms with van der Waals surface area (Å²) in [5.74, 6) is -0.157. The Morgan fingerprint density at radius 3 is 3.00 bits per heavy atom. The normalized spacial score (nSPS) is 15.5. The van der Waals surface area contributed by atoms with Gasteiger partial charge in [0, 0.05) is 18.7 Å². The summed E-state index contributed by atoms with van der Waals surface area (Å²) in [6.07, 6.45) is 3.41. The molecule has 1 aliphatic rings. The fourth-order valence-corrected chi connectivity index (χ4v) is 1.41. The molecule has 1 amide bonds. The van der Waals surface area contributed by atoms with Gasteiger partial charge in [-0.05, 0) is 12.8 Å². The molecule has 14 heavy (non-hydrogen) atoms. The first-order chi connectivity index (χ1) is 6.83. The highest BCUT2D eigenvalue weighted by Crippen LogP contribution is 2.27. The summed E-state index contributed by atoms with van der Waals surface area (Å²) < 4.78 is 4.60. The zero-order valence-corrected chi connectivity index (χ0v) is 7.72. The van der Waals surface area contributed by atoms with E-state index in [4.69, 9.17) is 5.11 Å². The van der Waals surface area contributed by atoms with E-state index in [-0.39, 0.29) is 18.6 Å². The van der Waals surface area contributed by atoms with Gasteiger partial charge in [0.25, 0.3) is 5.91 Å². The van der Waals surface area contributed by atoms with E-state index in [9.17, 15) is 4.79 Å². The molecule has 0 atom stereocenters. The van der Waals surface area contributed by atoms with Gasteiger partial charge in [-0.3, -0.25) is 4.79 Å². The van der Waals surface area contributed by atoms with E-state index in [0.717, 1.165) is 12.8 Å². The van der Waals surface area contributed by atoms with Crippen LogP contribution in [0, 0.1) is 0 Å². The average molecular weight is 196 g/mol. The number of carbonyl (C=O) groups excluding carboxylic acids is 1. The average Bonchev–Trinajstić information content (AvgIpc) is 2.88. The molecule has 0 aromatic carbocycles. The lowest BCUT2D eigenvalue weighted by Gasteiger charge is -2.19. The van der Waals surface area contributed by atoms with Crippen molar-refractivity contribution in [1.82, 2.24) is 10.1 Å². The van der Waals surface area contributed by atoms with Gasteiger partial charge in [0.1, 0.15) is 6.26 Å². The summed E-state index contributed by atoms with van der Waals surface area (Å²) in [5.41, 5.74) is 0.311. The minimum Gasteiger partial charge on any atom is -0.395 e. The Hall–Kier alpha value is -1.36. The van der Waals surface area contributed by atoms with Gasteiger partial charge in [-0.15, -0.1) is 0 Å². The zero-order chi connectivity index (χ0) is 9.97. The van der Waals surface area contributed by atoms with Crippen LogP contribution in [0.3, 0.4) is 0 Å². The van der Waals surface area contributed by atoms with Gasteiger partial charge < -0.3 is 14.5 Å². The Balaban J connectivity index is 2.07. The first-order valence-corrected chi connectivity index (χ1v) is 4.65. The summed E-state index contributed by atoms with van der Waals surface area (Å²) in [5, 5.41) is 12.4. The molecule has 1 aromatic heterocycles. The molecule has 0 saturated heterocycles. The van der Waals surface area contributed by atoms with E-state index in [1.807, 2.05) is 0 Å². The van der Waals surface area contributed by atoms with Crippen LogP contribution in [-0.4, -0.2) is 40.3 Å². The Bertz CT molecular complexity index is 306. The standard InChI is InChI=1S/C9H12N2O3/c12-5-4-11(7-1-2-7)9(13)8-3-6-14-10-8/h3,6-7,12H,1-2,4-5H2. The Morgan fingerprint density at radius 2 is 2.50 bits per heavy atom. The van der Waals surface area contributed by atoms with Crippen molar-refractivity contribution in [3.8, 4) is 0 Å². The van der Waals surface area contributed by atoms with Gasteiger partial charge in [0.05, 0.1) is 6.61 Å². The van der Waals surface area contributed by atoms with Crippen LogP contribution in [0.15, 0.2) is 16.9 Å². The first-order valence-electron chi connectivity index (χ1n) is 4.65. The molecule has 76 valence electrons. The highest BCUT2D eigenvalue weighted by Gasteiger charge is 2.33. The molecule has 1 fully saturated rings. The minimum atomic E-state index is -0.157. The Kier molecular flexibility index (Phi) is 2.49. The quantitative estimate of drug-likeness (QED) is 0.750. The van der Waals surface area contributed by atoms with Crippen molar-refractivity contribution in [2.75, 3.05) is 13.2 Å². The molecule has 0 unspecified atom stereocenters. The lowest BCUT2D eigenvalue weighted by molar-refractivity contribution is 0.0697. The number of aliphatic hydroxyl groups is 1. The van der Waals surface area contributed by atoms with Gasteiger partial charge in [-0.25, -0.2) is 0 Å². The van der Waals surface area contributed by atoms with E-state index >= 15 is 0 Å². The Labute approximate surface area is 81.3 Å². The smallest absolute Gasteiger partial charge is 0.276 e. The van der Waals surface area contributed by atoms with Gasteiger partial charge in [0.2, 0.25) is 0 Å². The van der Waals surface area contributed by atoms with Crippen molar-refractivity contribution in [3.63, 3.8) is 0 Å². The number of rotatable bonds is 4. The van der Waals surface area contributed by atoms with Crippen LogP contribution in [0.5, 0.6) is 0 Å². The van der Waals surface area contributed by atoms with E-state index in [2.05, 4.69) is 9.68 Å². The molecule has 0 spiro atoms. The first kappa shape index (κ1) is 9.21. The zero-order valence-electron chi connectivity index (χ0n) is 7.72. The molecule has 0 radical (unpaired) electrons. The second-order valence-electron chi connectivity index (χ2n) is 3.34. The number of amides is 1. The second-order valence-corrected chi connectivity index (χ2v) is 3.34. The summed E-state index contributed by atoms with van der Waals surface area (Å²) in [6, 6.07) is 1.82. The molecule has 1 saturated carbocycles. The lowest BCUT2D eigenvalue weighted by Crippen LogP contribution is -2.35. The minimum absolute atomic E-state index is 0.0138. The lowest BCUT2D eigenvalue weighted by atomic mass is 10.3. The van der Waals surface area contributed by atoms with Crippen molar-refractivity contribution < 1.29 is 14.4 Å². The van der Waals surface area contributed by atoms with E-state index in [0.29, 0.717) is 12.2 Å². The largest absolute Gasteiger partial charge is 0.395 e. The summed E-state index contributed by atoms with van der Waals surface area (Å²) in [6.45, 7) is 0.358. The number of nitrogens with zero attached hydrogens (tertiary/aromatic N) is 2. The third kappa shape index (κ3) is 1.77. The molecule has 1 N–H and O–H groups in total.